The fraction of sp³-hybridized carbons (Fsp3) is 0.600. The van der Waals surface area contributed by atoms with Gasteiger partial charge in [-0.25, -0.2) is 0 Å². The number of hydrogen-bond donors (Lipinski definition) is 2. The summed E-state index contributed by atoms with van der Waals surface area (Å²) in [6, 6.07) is 8.51. The summed E-state index contributed by atoms with van der Waals surface area (Å²) < 4.78 is 5.75. The van der Waals surface area contributed by atoms with Crippen LogP contribution in [0.25, 0.3) is 0 Å². The van der Waals surface area contributed by atoms with Gasteiger partial charge in [0.25, 0.3) is 0 Å². The van der Waals surface area contributed by atoms with Crippen molar-refractivity contribution in [3.63, 3.8) is 0 Å². The highest BCUT2D eigenvalue weighted by Crippen LogP contribution is 2.29. The SMILES string of the molecule is CCC1CC(CN)(Nc2ccc(C)cc2)CCO1. The Balaban J connectivity index is 2.09. The summed E-state index contributed by atoms with van der Waals surface area (Å²) >= 11 is 0. The van der Waals surface area contributed by atoms with Crippen LogP contribution in [0.15, 0.2) is 24.3 Å². The first-order valence-corrected chi connectivity index (χ1v) is 6.84. The molecule has 0 radical (unpaired) electrons. The fourth-order valence-corrected chi connectivity index (χ4v) is 2.57. The van der Waals surface area contributed by atoms with Gasteiger partial charge in [-0.3, -0.25) is 0 Å². The van der Waals surface area contributed by atoms with Crippen molar-refractivity contribution >= 4 is 5.69 Å². The lowest BCUT2D eigenvalue weighted by Gasteiger charge is -2.41. The molecule has 3 heteroatoms. The normalized spacial score (nSPS) is 28.1. The molecule has 1 aromatic rings. The molecule has 1 heterocycles. The van der Waals surface area contributed by atoms with Gasteiger partial charge in [-0.15, -0.1) is 0 Å². The maximum Gasteiger partial charge on any atom is 0.0595 e. The predicted molar refractivity (Wildman–Crippen MR) is 75.9 cm³/mol. The zero-order valence-corrected chi connectivity index (χ0v) is 11.4. The molecule has 1 fully saturated rings. The summed E-state index contributed by atoms with van der Waals surface area (Å²) in [4.78, 5) is 0. The van der Waals surface area contributed by atoms with E-state index in [0.717, 1.165) is 31.6 Å². The number of ether oxygens (including phenoxy) is 1. The summed E-state index contributed by atoms with van der Waals surface area (Å²) in [6.07, 6.45) is 3.36. The molecule has 3 nitrogen and oxygen atoms in total. The summed E-state index contributed by atoms with van der Waals surface area (Å²) in [5.41, 5.74) is 8.44. The highest BCUT2D eigenvalue weighted by atomic mass is 16.5. The molecule has 2 atom stereocenters. The Morgan fingerprint density at radius 2 is 2.11 bits per heavy atom. The van der Waals surface area contributed by atoms with Gasteiger partial charge in [0, 0.05) is 18.8 Å². The van der Waals surface area contributed by atoms with E-state index in [4.69, 9.17) is 10.5 Å². The number of nitrogens with one attached hydrogen (secondary N) is 1. The molecule has 0 saturated carbocycles. The minimum Gasteiger partial charge on any atom is -0.378 e. The van der Waals surface area contributed by atoms with Crippen LogP contribution in [-0.2, 0) is 4.74 Å². The molecule has 1 aliphatic heterocycles. The van der Waals surface area contributed by atoms with Crippen LogP contribution in [0.3, 0.4) is 0 Å². The van der Waals surface area contributed by atoms with Crippen LogP contribution >= 0.6 is 0 Å². The van der Waals surface area contributed by atoms with Crippen LogP contribution in [0, 0.1) is 6.92 Å². The standard InChI is InChI=1S/C15H24N2O/c1-3-14-10-15(11-16,8-9-18-14)17-13-6-4-12(2)5-7-13/h4-7,14,17H,3,8-11,16H2,1-2H3. The van der Waals surface area contributed by atoms with E-state index in [1.807, 2.05) is 0 Å². The van der Waals surface area contributed by atoms with Crippen molar-refractivity contribution in [1.29, 1.82) is 0 Å². The van der Waals surface area contributed by atoms with Gasteiger partial charge in [-0.2, -0.15) is 0 Å². The van der Waals surface area contributed by atoms with Crippen LogP contribution < -0.4 is 11.1 Å². The Morgan fingerprint density at radius 3 is 2.72 bits per heavy atom. The third-order valence-electron chi connectivity index (χ3n) is 3.86. The van der Waals surface area contributed by atoms with Gasteiger partial charge in [0.1, 0.15) is 0 Å². The van der Waals surface area contributed by atoms with E-state index in [0.29, 0.717) is 12.6 Å². The van der Waals surface area contributed by atoms with Gasteiger partial charge in [-0.05, 0) is 38.3 Å². The smallest absolute Gasteiger partial charge is 0.0595 e. The molecule has 0 spiro atoms. The van der Waals surface area contributed by atoms with Gasteiger partial charge in [0.05, 0.1) is 11.6 Å². The Bertz CT molecular complexity index is 377. The first kappa shape index (κ1) is 13.4. The first-order chi connectivity index (χ1) is 8.67. The van der Waals surface area contributed by atoms with Crippen LogP contribution in [0.5, 0.6) is 0 Å². The van der Waals surface area contributed by atoms with Gasteiger partial charge in [0.15, 0.2) is 0 Å². The van der Waals surface area contributed by atoms with Gasteiger partial charge < -0.3 is 15.8 Å². The quantitative estimate of drug-likeness (QED) is 0.861. The predicted octanol–water partition coefficient (Wildman–Crippen LogP) is 2.69. The molecule has 3 N–H and O–H groups in total. The number of aryl methyl sites for hydroxylation is 1. The Kier molecular flexibility index (Phi) is 4.25. The molecular weight excluding hydrogens is 224 g/mol. The van der Waals surface area contributed by atoms with Crippen molar-refractivity contribution in [1.82, 2.24) is 0 Å². The number of hydrogen-bond acceptors (Lipinski definition) is 3. The minimum absolute atomic E-state index is 0.00577. The molecule has 1 aromatic carbocycles. The largest absolute Gasteiger partial charge is 0.378 e. The second-order valence-electron chi connectivity index (χ2n) is 5.33. The molecule has 2 rings (SSSR count). The second-order valence-corrected chi connectivity index (χ2v) is 5.33. The molecule has 100 valence electrons. The van der Waals surface area contributed by atoms with Crippen LogP contribution in [0.2, 0.25) is 0 Å². The number of rotatable bonds is 4. The van der Waals surface area contributed by atoms with E-state index < -0.39 is 0 Å². The van der Waals surface area contributed by atoms with Crippen LogP contribution in [0.1, 0.15) is 31.7 Å². The summed E-state index contributed by atoms with van der Waals surface area (Å²) in [6.45, 7) is 5.72. The van der Waals surface area contributed by atoms with E-state index in [1.54, 1.807) is 0 Å². The molecule has 1 aliphatic rings. The molecule has 0 aromatic heterocycles. The molecule has 2 unspecified atom stereocenters. The number of nitrogens with two attached hydrogens (primary N) is 1. The highest BCUT2D eigenvalue weighted by Gasteiger charge is 2.35. The molecule has 0 amide bonds. The maximum atomic E-state index is 6.01. The van der Waals surface area contributed by atoms with E-state index in [9.17, 15) is 0 Å². The summed E-state index contributed by atoms with van der Waals surface area (Å²) in [5.74, 6) is 0. The topological polar surface area (TPSA) is 47.3 Å². The Morgan fingerprint density at radius 1 is 1.39 bits per heavy atom. The Hall–Kier alpha value is -1.06. The van der Waals surface area contributed by atoms with E-state index in [2.05, 4.69) is 43.4 Å². The zero-order chi connectivity index (χ0) is 13.0. The van der Waals surface area contributed by atoms with Gasteiger partial charge >= 0.3 is 0 Å². The third-order valence-corrected chi connectivity index (χ3v) is 3.86. The van der Waals surface area contributed by atoms with E-state index in [-0.39, 0.29) is 5.54 Å². The first-order valence-electron chi connectivity index (χ1n) is 6.84. The lowest BCUT2D eigenvalue weighted by atomic mass is 9.85. The maximum absolute atomic E-state index is 6.01. The van der Waals surface area contributed by atoms with Gasteiger partial charge in [-0.1, -0.05) is 24.6 Å². The lowest BCUT2D eigenvalue weighted by molar-refractivity contribution is -0.0125. The molecular formula is C15H24N2O. The molecule has 1 saturated heterocycles. The minimum atomic E-state index is -0.00577. The van der Waals surface area contributed by atoms with Crippen LogP contribution in [0.4, 0.5) is 5.69 Å². The molecule has 0 aliphatic carbocycles. The monoisotopic (exact) mass is 248 g/mol. The van der Waals surface area contributed by atoms with Gasteiger partial charge in [0.2, 0.25) is 0 Å². The van der Waals surface area contributed by atoms with Crippen molar-refractivity contribution in [3.05, 3.63) is 29.8 Å². The van der Waals surface area contributed by atoms with Crippen molar-refractivity contribution < 1.29 is 4.74 Å². The summed E-state index contributed by atoms with van der Waals surface area (Å²) in [5, 5.41) is 3.63. The van der Waals surface area contributed by atoms with Crippen molar-refractivity contribution in [2.45, 2.75) is 44.8 Å². The van der Waals surface area contributed by atoms with Crippen molar-refractivity contribution in [2.75, 3.05) is 18.5 Å². The van der Waals surface area contributed by atoms with Crippen molar-refractivity contribution in [3.8, 4) is 0 Å². The van der Waals surface area contributed by atoms with E-state index in [1.165, 1.54) is 5.56 Å². The summed E-state index contributed by atoms with van der Waals surface area (Å²) in [7, 11) is 0. The fourth-order valence-electron chi connectivity index (χ4n) is 2.57. The number of benzene rings is 1. The average Bonchev–Trinajstić information content (AvgIpc) is 2.42. The highest BCUT2D eigenvalue weighted by molar-refractivity contribution is 5.47. The van der Waals surface area contributed by atoms with Crippen molar-refractivity contribution in [2.24, 2.45) is 5.73 Å². The second kappa shape index (κ2) is 5.72. The Labute approximate surface area is 110 Å². The average molecular weight is 248 g/mol. The molecule has 18 heavy (non-hydrogen) atoms. The number of anilines is 1. The third kappa shape index (κ3) is 3.03. The lowest BCUT2D eigenvalue weighted by Crippen LogP contribution is -2.52. The zero-order valence-electron chi connectivity index (χ0n) is 11.4. The van der Waals surface area contributed by atoms with E-state index >= 15 is 0 Å². The molecule has 0 bridgehead atoms. The van der Waals surface area contributed by atoms with Crippen LogP contribution in [-0.4, -0.2) is 24.8 Å².